The molecule has 1 aliphatic carbocycles. The van der Waals surface area contributed by atoms with E-state index in [9.17, 15) is 0 Å². The molecule has 2 aliphatic rings. The summed E-state index contributed by atoms with van der Waals surface area (Å²) in [5.74, 6) is 2.07. The Kier molecular flexibility index (Phi) is 1.92. The van der Waals surface area contributed by atoms with E-state index in [1.807, 2.05) is 0 Å². The van der Waals surface area contributed by atoms with Crippen molar-refractivity contribution in [1.82, 2.24) is 5.32 Å². The molecule has 2 rings (SSSR count). The van der Waals surface area contributed by atoms with Crippen LogP contribution in [0.5, 0.6) is 0 Å². The quantitative estimate of drug-likeness (QED) is 0.609. The fraction of sp³-hybridized carbons (Fsp3) is 1.00. The molecule has 3 unspecified atom stereocenters. The van der Waals surface area contributed by atoms with Crippen LogP contribution in [0.25, 0.3) is 0 Å². The van der Waals surface area contributed by atoms with E-state index < -0.39 is 0 Å². The Labute approximate surface area is 69.6 Å². The van der Waals surface area contributed by atoms with Crippen molar-refractivity contribution >= 4 is 0 Å². The van der Waals surface area contributed by atoms with E-state index in [1.54, 1.807) is 0 Å². The fourth-order valence-electron chi connectivity index (χ4n) is 2.72. The Balaban J connectivity index is 1.92. The highest BCUT2D eigenvalue weighted by atomic mass is 15.0. The molecule has 1 saturated carbocycles. The molecule has 1 aliphatic heterocycles. The van der Waals surface area contributed by atoms with Crippen molar-refractivity contribution in [2.45, 2.75) is 51.6 Å². The molecule has 0 spiro atoms. The third kappa shape index (κ3) is 1.31. The molecule has 1 nitrogen and oxygen atoms in total. The highest BCUT2D eigenvalue weighted by molar-refractivity contribution is 4.92. The molecule has 2 fully saturated rings. The van der Waals surface area contributed by atoms with Crippen molar-refractivity contribution in [2.24, 2.45) is 11.8 Å². The lowest BCUT2D eigenvalue weighted by atomic mass is 9.73. The molecule has 0 amide bonds. The minimum absolute atomic E-state index is 0.774. The monoisotopic (exact) mass is 153 g/mol. The molecule has 1 heterocycles. The van der Waals surface area contributed by atoms with Crippen molar-refractivity contribution in [3.05, 3.63) is 0 Å². The van der Waals surface area contributed by atoms with Gasteiger partial charge in [0.2, 0.25) is 0 Å². The first-order valence-electron chi connectivity index (χ1n) is 5.03. The second kappa shape index (κ2) is 2.78. The van der Waals surface area contributed by atoms with Gasteiger partial charge in [0.15, 0.2) is 0 Å². The first-order valence-corrected chi connectivity index (χ1v) is 5.03. The average Bonchev–Trinajstić information content (AvgIpc) is 2.07. The number of rotatable bonds is 1. The van der Waals surface area contributed by atoms with Crippen LogP contribution < -0.4 is 5.32 Å². The molecule has 64 valence electrons. The fourth-order valence-corrected chi connectivity index (χ4v) is 2.72. The SMILES string of the molecule is CC1CC(C2CCC2)C(C)N1. The maximum absolute atomic E-state index is 3.62. The van der Waals surface area contributed by atoms with Crippen LogP contribution in [0.4, 0.5) is 0 Å². The summed E-state index contributed by atoms with van der Waals surface area (Å²) in [5.41, 5.74) is 0. The summed E-state index contributed by atoms with van der Waals surface area (Å²) in [7, 11) is 0. The highest BCUT2D eigenvalue weighted by Crippen LogP contribution is 2.39. The normalized spacial score (nSPS) is 45.8. The predicted molar refractivity (Wildman–Crippen MR) is 47.5 cm³/mol. The van der Waals surface area contributed by atoms with Crippen LogP contribution in [-0.4, -0.2) is 12.1 Å². The summed E-state index contributed by atoms with van der Waals surface area (Å²) >= 11 is 0. The Morgan fingerprint density at radius 2 is 1.91 bits per heavy atom. The molecule has 0 bridgehead atoms. The van der Waals surface area contributed by atoms with Crippen LogP contribution in [-0.2, 0) is 0 Å². The molecular weight excluding hydrogens is 134 g/mol. The number of hydrogen-bond donors (Lipinski definition) is 1. The molecule has 0 aromatic carbocycles. The Morgan fingerprint density at radius 3 is 2.27 bits per heavy atom. The topological polar surface area (TPSA) is 12.0 Å². The zero-order valence-corrected chi connectivity index (χ0v) is 7.64. The van der Waals surface area contributed by atoms with Gasteiger partial charge in [-0.3, -0.25) is 0 Å². The van der Waals surface area contributed by atoms with Gasteiger partial charge >= 0.3 is 0 Å². The zero-order chi connectivity index (χ0) is 7.84. The lowest BCUT2D eigenvalue weighted by molar-refractivity contribution is 0.194. The Bertz CT molecular complexity index is 138. The first-order chi connectivity index (χ1) is 5.27. The minimum atomic E-state index is 0.774. The highest BCUT2D eigenvalue weighted by Gasteiger charge is 2.36. The lowest BCUT2D eigenvalue weighted by Crippen LogP contribution is -2.32. The van der Waals surface area contributed by atoms with Gasteiger partial charge in [0.05, 0.1) is 0 Å². The molecular formula is C10H19N. The van der Waals surface area contributed by atoms with E-state index in [0.29, 0.717) is 0 Å². The van der Waals surface area contributed by atoms with Gasteiger partial charge in [-0.2, -0.15) is 0 Å². The molecule has 1 saturated heterocycles. The van der Waals surface area contributed by atoms with E-state index in [-0.39, 0.29) is 0 Å². The molecule has 1 heteroatoms. The second-order valence-corrected chi connectivity index (χ2v) is 4.45. The minimum Gasteiger partial charge on any atom is -0.311 e. The van der Waals surface area contributed by atoms with Crippen molar-refractivity contribution in [3.8, 4) is 0 Å². The molecule has 11 heavy (non-hydrogen) atoms. The molecule has 0 aromatic heterocycles. The zero-order valence-electron chi connectivity index (χ0n) is 7.64. The van der Waals surface area contributed by atoms with E-state index in [4.69, 9.17) is 0 Å². The summed E-state index contributed by atoms with van der Waals surface area (Å²) < 4.78 is 0. The number of nitrogens with one attached hydrogen (secondary N) is 1. The van der Waals surface area contributed by atoms with Gasteiger partial charge in [-0.1, -0.05) is 19.3 Å². The van der Waals surface area contributed by atoms with Gasteiger partial charge < -0.3 is 5.32 Å². The van der Waals surface area contributed by atoms with Crippen molar-refractivity contribution in [2.75, 3.05) is 0 Å². The van der Waals surface area contributed by atoms with Gasteiger partial charge in [0.1, 0.15) is 0 Å². The van der Waals surface area contributed by atoms with Crippen LogP contribution in [0.15, 0.2) is 0 Å². The van der Waals surface area contributed by atoms with Crippen molar-refractivity contribution in [1.29, 1.82) is 0 Å². The van der Waals surface area contributed by atoms with Crippen LogP contribution in [0.3, 0.4) is 0 Å². The standard InChI is InChI=1S/C10H19N/c1-7-6-10(8(2)11-7)9-4-3-5-9/h7-11H,3-6H2,1-2H3. The van der Waals surface area contributed by atoms with Crippen LogP contribution >= 0.6 is 0 Å². The maximum Gasteiger partial charge on any atom is 0.00726 e. The van der Waals surface area contributed by atoms with Gasteiger partial charge in [-0.25, -0.2) is 0 Å². The van der Waals surface area contributed by atoms with Gasteiger partial charge in [-0.05, 0) is 32.1 Å². The smallest absolute Gasteiger partial charge is 0.00726 e. The largest absolute Gasteiger partial charge is 0.311 e. The van der Waals surface area contributed by atoms with E-state index >= 15 is 0 Å². The van der Waals surface area contributed by atoms with Crippen LogP contribution in [0, 0.1) is 11.8 Å². The molecule has 0 radical (unpaired) electrons. The first kappa shape index (κ1) is 7.60. The van der Waals surface area contributed by atoms with Crippen LogP contribution in [0.2, 0.25) is 0 Å². The Hall–Kier alpha value is -0.0400. The average molecular weight is 153 g/mol. The lowest BCUT2D eigenvalue weighted by Gasteiger charge is -2.33. The Morgan fingerprint density at radius 1 is 1.18 bits per heavy atom. The molecule has 0 aromatic rings. The third-order valence-corrected chi connectivity index (χ3v) is 3.57. The van der Waals surface area contributed by atoms with E-state index in [0.717, 1.165) is 23.9 Å². The summed E-state index contributed by atoms with van der Waals surface area (Å²) in [4.78, 5) is 0. The summed E-state index contributed by atoms with van der Waals surface area (Å²) in [6, 6.07) is 1.56. The van der Waals surface area contributed by atoms with Gasteiger partial charge in [0.25, 0.3) is 0 Å². The maximum atomic E-state index is 3.62. The van der Waals surface area contributed by atoms with Crippen molar-refractivity contribution < 1.29 is 0 Å². The molecule has 3 atom stereocenters. The van der Waals surface area contributed by atoms with Crippen molar-refractivity contribution in [3.63, 3.8) is 0 Å². The predicted octanol–water partition coefficient (Wildman–Crippen LogP) is 2.17. The second-order valence-electron chi connectivity index (χ2n) is 4.45. The molecule has 1 N–H and O–H groups in total. The summed E-state index contributed by atoms with van der Waals surface area (Å²) in [6.45, 7) is 4.67. The third-order valence-electron chi connectivity index (χ3n) is 3.57. The van der Waals surface area contributed by atoms with E-state index in [1.165, 1.54) is 25.7 Å². The van der Waals surface area contributed by atoms with Gasteiger partial charge in [0, 0.05) is 12.1 Å². The summed E-state index contributed by atoms with van der Waals surface area (Å²) in [5, 5.41) is 3.62. The number of hydrogen-bond acceptors (Lipinski definition) is 1. The van der Waals surface area contributed by atoms with Crippen LogP contribution in [0.1, 0.15) is 39.5 Å². The summed E-state index contributed by atoms with van der Waals surface area (Å²) in [6.07, 6.45) is 5.92. The van der Waals surface area contributed by atoms with Gasteiger partial charge in [-0.15, -0.1) is 0 Å². The van der Waals surface area contributed by atoms with E-state index in [2.05, 4.69) is 19.2 Å².